The van der Waals surface area contributed by atoms with Gasteiger partial charge in [-0.15, -0.1) is 0 Å². The Morgan fingerprint density at radius 2 is 1.73 bits per heavy atom. The maximum Gasteiger partial charge on any atom is 0.417 e. The highest BCUT2D eigenvalue weighted by molar-refractivity contribution is 6.01. The number of piperidine rings is 1. The summed E-state index contributed by atoms with van der Waals surface area (Å²) >= 11 is 0. The van der Waals surface area contributed by atoms with Gasteiger partial charge in [-0.05, 0) is 56.5 Å². The molecule has 0 saturated carbocycles. The molecule has 0 radical (unpaired) electrons. The van der Waals surface area contributed by atoms with E-state index in [0.717, 1.165) is 68.0 Å². The minimum Gasteiger partial charge on any atom is -0.368 e. The van der Waals surface area contributed by atoms with Crippen molar-refractivity contribution < 1.29 is 18.0 Å². The summed E-state index contributed by atoms with van der Waals surface area (Å²) in [5.74, 6) is 1.16. The predicted octanol–water partition coefficient (Wildman–Crippen LogP) is 4.97. The van der Waals surface area contributed by atoms with Crippen molar-refractivity contribution in [1.82, 2.24) is 24.8 Å². The number of aryl methyl sites for hydroxylation is 1. The third-order valence-corrected chi connectivity index (χ3v) is 8.10. The van der Waals surface area contributed by atoms with Crippen molar-refractivity contribution in [3.8, 4) is 11.1 Å². The second-order valence-electron chi connectivity index (χ2n) is 11.1. The molecule has 2 unspecified atom stereocenters. The van der Waals surface area contributed by atoms with Crippen LogP contribution in [0.5, 0.6) is 0 Å². The van der Waals surface area contributed by atoms with Crippen molar-refractivity contribution in [3.63, 3.8) is 0 Å². The Balaban J connectivity index is 1.35. The molecular weight excluding hydrogens is 531 g/mol. The fraction of sp³-hybridized carbons (Fsp3) is 0.467. The Morgan fingerprint density at radius 1 is 1.00 bits per heavy atom. The van der Waals surface area contributed by atoms with Crippen LogP contribution in [0.15, 0.2) is 48.9 Å². The van der Waals surface area contributed by atoms with Crippen LogP contribution in [0.25, 0.3) is 11.1 Å². The molecule has 0 spiro atoms. The minimum absolute atomic E-state index is 0.0782. The van der Waals surface area contributed by atoms with Gasteiger partial charge in [0, 0.05) is 69.0 Å². The van der Waals surface area contributed by atoms with Gasteiger partial charge in [0.25, 0.3) is 5.91 Å². The van der Waals surface area contributed by atoms with E-state index in [1.807, 2.05) is 30.0 Å². The second kappa shape index (κ2) is 12.0. The van der Waals surface area contributed by atoms with Gasteiger partial charge < -0.3 is 20.0 Å². The van der Waals surface area contributed by atoms with Gasteiger partial charge in [-0.2, -0.15) is 13.2 Å². The predicted molar refractivity (Wildman–Crippen MR) is 153 cm³/mol. The molecule has 11 heteroatoms. The van der Waals surface area contributed by atoms with Gasteiger partial charge in [0.15, 0.2) is 0 Å². The quantitative estimate of drug-likeness (QED) is 0.451. The molecule has 2 aliphatic rings. The number of aromatic nitrogens is 3. The standard InChI is InChI=1S/C30H36F3N7O/c1-20-6-8-24(22-16-36-29(37-17-22)39-13-11-38(3)12-14-39)25(15-20)28(41)40-10-4-5-21(2)26(40)19-35-27-9-7-23(18-34-27)30(31,32)33/h6-9,15-18,21,26H,4-5,10-14,19H2,1-3H3,(H,34,35). The summed E-state index contributed by atoms with van der Waals surface area (Å²) in [5.41, 5.74) is 2.33. The Kier molecular flexibility index (Phi) is 8.44. The van der Waals surface area contributed by atoms with Crippen LogP contribution in [0, 0.1) is 12.8 Å². The number of nitrogens with zero attached hydrogens (tertiary/aromatic N) is 6. The number of carbonyl (C=O) groups is 1. The molecule has 2 aromatic heterocycles. The maximum absolute atomic E-state index is 14.1. The molecule has 5 rings (SSSR count). The van der Waals surface area contributed by atoms with Crippen molar-refractivity contribution in [2.45, 2.75) is 38.9 Å². The zero-order valence-corrected chi connectivity index (χ0v) is 23.7. The number of rotatable bonds is 6. The largest absolute Gasteiger partial charge is 0.417 e. The molecule has 2 saturated heterocycles. The Morgan fingerprint density at radius 3 is 2.39 bits per heavy atom. The maximum atomic E-state index is 14.1. The van der Waals surface area contributed by atoms with Gasteiger partial charge in [0.05, 0.1) is 11.6 Å². The number of pyridine rings is 1. The Labute approximate surface area is 238 Å². The number of hydrogen-bond donors (Lipinski definition) is 1. The monoisotopic (exact) mass is 567 g/mol. The van der Waals surface area contributed by atoms with E-state index in [-0.39, 0.29) is 17.9 Å². The molecular formula is C30H36F3N7O. The minimum atomic E-state index is -4.44. The van der Waals surface area contributed by atoms with E-state index in [1.54, 1.807) is 12.4 Å². The topological polar surface area (TPSA) is 77.5 Å². The lowest BCUT2D eigenvalue weighted by Gasteiger charge is -2.40. The van der Waals surface area contributed by atoms with E-state index in [2.05, 4.69) is 44.0 Å². The lowest BCUT2D eigenvalue weighted by molar-refractivity contribution is -0.137. The highest BCUT2D eigenvalue weighted by Crippen LogP contribution is 2.31. The molecule has 1 aromatic carbocycles. The number of likely N-dealkylation sites (N-methyl/N-ethyl adjacent to an activating group) is 1. The van der Waals surface area contributed by atoms with Gasteiger partial charge in [-0.3, -0.25) is 4.79 Å². The average Bonchev–Trinajstić information content (AvgIpc) is 2.96. The first-order valence-corrected chi connectivity index (χ1v) is 14.0. The van der Waals surface area contributed by atoms with E-state index < -0.39 is 11.7 Å². The second-order valence-corrected chi connectivity index (χ2v) is 11.1. The summed E-state index contributed by atoms with van der Waals surface area (Å²) < 4.78 is 38.8. The zero-order chi connectivity index (χ0) is 29.1. The number of alkyl halides is 3. The van der Waals surface area contributed by atoms with Gasteiger partial charge in [-0.1, -0.05) is 24.6 Å². The summed E-state index contributed by atoms with van der Waals surface area (Å²) in [6.07, 6.45) is 1.80. The van der Waals surface area contributed by atoms with E-state index in [9.17, 15) is 18.0 Å². The number of piperazine rings is 1. The number of benzene rings is 1. The number of likely N-dealkylation sites (tertiary alicyclic amines) is 1. The highest BCUT2D eigenvalue weighted by atomic mass is 19.4. The van der Waals surface area contributed by atoms with Crippen molar-refractivity contribution in [2.75, 3.05) is 56.5 Å². The first kappa shape index (κ1) is 28.8. The van der Waals surface area contributed by atoms with Crippen LogP contribution in [-0.2, 0) is 6.18 Å². The van der Waals surface area contributed by atoms with Crippen LogP contribution in [-0.4, -0.2) is 83.0 Å². The summed E-state index contributed by atoms with van der Waals surface area (Å²) in [6, 6.07) is 8.03. The third kappa shape index (κ3) is 6.61. The number of carbonyl (C=O) groups excluding carboxylic acids is 1. The first-order chi connectivity index (χ1) is 19.6. The van der Waals surface area contributed by atoms with Crippen LogP contribution in [0.4, 0.5) is 24.9 Å². The van der Waals surface area contributed by atoms with E-state index in [1.165, 1.54) is 6.07 Å². The highest BCUT2D eigenvalue weighted by Gasteiger charge is 2.34. The van der Waals surface area contributed by atoms with E-state index in [4.69, 9.17) is 0 Å². The molecule has 0 aliphatic carbocycles. The summed E-state index contributed by atoms with van der Waals surface area (Å²) in [4.78, 5) is 33.7. The number of halogens is 3. The van der Waals surface area contributed by atoms with Gasteiger partial charge in [-0.25, -0.2) is 15.0 Å². The molecule has 218 valence electrons. The van der Waals surface area contributed by atoms with Gasteiger partial charge in [0.2, 0.25) is 5.95 Å². The molecule has 2 fully saturated rings. The normalized spacial score (nSPS) is 20.2. The van der Waals surface area contributed by atoms with E-state index in [0.29, 0.717) is 30.4 Å². The third-order valence-electron chi connectivity index (χ3n) is 8.10. The Bertz CT molecular complexity index is 1340. The molecule has 1 amide bonds. The first-order valence-electron chi connectivity index (χ1n) is 14.0. The molecule has 8 nitrogen and oxygen atoms in total. The fourth-order valence-electron chi connectivity index (χ4n) is 5.56. The van der Waals surface area contributed by atoms with Crippen molar-refractivity contribution in [3.05, 3.63) is 65.6 Å². The van der Waals surface area contributed by atoms with Crippen LogP contribution >= 0.6 is 0 Å². The van der Waals surface area contributed by atoms with Crippen LogP contribution in [0.3, 0.4) is 0 Å². The SMILES string of the molecule is Cc1ccc(-c2cnc(N3CCN(C)CC3)nc2)c(C(=O)N2CCCC(C)C2CNc2ccc(C(F)(F)F)cn2)c1. The average molecular weight is 568 g/mol. The molecule has 2 atom stereocenters. The summed E-state index contributed by atoms with van der Waals surface area (Å²) in [6.45, 7) is 8.71. The fourth-order valence-corrected chi connectivity index (χ4v) is 5.56. The summed E-state index contributed by atoms with van der Waals surface area (Å²) in [5, 5.41) is 3.16. The molecule has 4 heterocycles. The molecule has 0 bridgehead atoms. The van der Waals surface area contributed by atoms with Gasteiger partial charge >= 0.3 is 6.18 Å². The smallest absolute Gasteiger partial charge is 0.368 e. The van der Waals surface area contributed by atoms with Crippen LogP contribution in [0.1, 0.15) is 41.3 Å². The zero-order valence-electron chi connectivity index (χ0n) is 23.7. The molecule has 41 heavy (non-hydrogen) atoms. The number of amides is 1. The molecule has 2 aliphatic heterocycles. The number of nitrogens with one attached hydrogen (secondary N) is 1. The molecule has 1 N–H and O–H groups in total. The van der Waals surface area contributed by atoms with Gasteiger partial charge in [0.1, 0.15) is 5.82 Å². The lowest BCUT2D eigenvalue weighted by Crippen LogP contribution is -2.51. The lowest BCUT2D eigenvalue weighted by atomic mass is 9.89. The van der Waals surface area contributed by atoms with Crippen LogP contribution in [0.2, 0.25) is 0 Å². The Hall–Kier alpha value is -3.73. The number of hydrogen-bond acceptors (Lipinski definition) is 7. The van der Waals surface area contributed by atoms with Crippen molar-refractivity contribution >= 4 is 17.7 Å². The summed E-state index contributed by atoms with van der Waals surface area (Å²) in [7, 11) is 2.10. The number of anilines is 2. The molecule has 3 aromatic rings. The van der Waals surface area contributed by atoms with Crippen molar-refractivity contribution in [2.24, 2.45) is 5.92 Å². The van der Waals surface area contributed by atoms with Crippen molar-refractivity contribution in [1.29, 1.82) is 0 Å². The van der Waals surface area contributed by atoms with Crippen LogP contribution < -0.4 is 10.2 Å². The van der Waals surface area contributed by atoms with E-state index >= 15 is 0 Å².